The van der Waals surface area contributed by atoms with Gasteiger partial charge in [-0.15, -0.1) is 23.0 Å². The molecule has 0 aromatic carbocycles. The van der Waals surface area contributed by atoms with Gasteiger partial charge in [0, 0.05) is 43.7 Å². The van der Waals surface area contributed by atoms with E-state index in [0.29, 0.717) is 13.1 Å². The van der Waals surface area contributed by atoms with E-state index in [4.69, 9.17) is 4.74 Å². The minimum Gasteiger partial charge on any atom is -0.370 e. The molecular weight excluding hydrogens is 374 g/mol. The summed E-state index contributed by atoms with van der Waals surface area (Å²) < 4.78 is 8.04. The van der Waals surface area contributed by atoms with Crippen LogP contribution in [-0.4, -0.2) is 58.6 Å². The number of hydrogen-bond donors (Lipinski definition) is 1. The minimum atomic E-state index is -0.224. The van der Waals surface area contributed by atoms with Gasteiger partial charge in [0.25, 0.3) is 5.91 Å². The molecule has 7 nitrogen and oxygen atoms in total. The van der Waals surface area contributed by atoms with Gasteiger partial charge in [-0.2, -0.15) is 0 Å². The Balaban J connectivity index is 1.41. The third kappa shape index (κ3) is 3.90. The first kappa shape index (κ1) is 19.3. The topological polar surface area (TPSA) is 72.3 Å². The van der Waals surface area contributed by atoms with Crippen LogP contribution in [0.1, 0.15) is 38.6 Å². The highest BCUT2D eigenvalue weighted by atomic mass is 32.1. The van der Waals surface area contributed by atoms with E-state index in [0.717, 1.165) is 56.1 Å². The highest BCUT2D eigenvalue weighted by molar-refractivity contribution is 7.14. The maximum absolute atomic E-state index is 12.7. The van der Waals surface area contributed by atoms with Crippen molar-refractivity contribution in [3.63, 3.8) is 0 Å². The average Bonchev–Trinajstić information content (AvgIpc) is 3.31. The van der Waals surface area contributed by atoms with E-state index in [1.165, 1.54) is 10.4 Å². The molecule has 28 heavy (non-hydrogen) atoms. The Kier molecular flexibility index (Phi) is 5.61. The van der Waals surface area contributed by atoms with Crippen molar-refractivity contribution in [2.75, 3.05) is 32.8 Å². The molecule has 0 aliphatic carbocycles. The second kappa shape index (κ2) is 8.14. The molecule has 2 aromatic rings. The van der Waals surface area contributed by atoms with Gasteiger partial charge in [0.1, 0.15) is 0 Å². The summed E-state index contributed by atoms with van der Waals surface area (Å²) in [7, 11) is 0. The lowest BCUT2D eigenvalue weighted by molar-refractivity contribution is -0.0958. The van der Waals surface area contributed by atoms with Crippen molar-refractivity contribution in [1.29, 1.82) is 0 Å². The number of carbonyl (C=O) groups is 1. The molecule has 4 rings (SSSR count). The summed E-state index contributed by atoms with van der Waals surface area (Å²) in [5, 5.41) is 11.0. The maximum atomic E-state index is 12.7. The van der Waals surface area contributed by atoms with Crippen LogP contribution >= 0.6 is 11.3 Å². The zero-order valence-electron chi connectivity index (χ0n) is 16.3. The van der Waals surface area contributed by atoms with E-state index in [1.807, 2.05) is 19.2 Å². The van der Waals surface area contributed by atoms with Crippen molar-refractivity contribution in [2.24, 2.45) is 0 Å². The van der Waals surface area contributed by atoms with Crippen molar-refractivity contribution >= 4 is 17.2 Å². The SMILES string of the molecule is C=CCN1CCC2(CC1)OCCc1sc(C(=O)NCCn3cc(C)nn3)cc12. The Labute approximate surface area is 169 Å². The van der Waals surface area contributed by atoms with Gasteiger partial charge in [0.05, 0.1) is 29.3 Å². The van der Waals surface area contributed by atoms with Crippen molar-refractivity contribution in [3.05, 3.63) is 45.9 Å². The molecule has 1 spiro atoms. The van der Waals surface area contributed by atoms with Crippen LogP contribution in [0.4, 0.5) is 0 Å². The zero-order chi connectivity index (χ0) is 19.6. The lowest BCUT2D eigenvalue weighted by atomic mass is 9.82. The van der Waals surface area contributed by atoms with E-state index in [1.54, 1.807) is 16.0 Å². The van der Waals surface area contributed by atoms with Gasteiger partial charge in [-0.1, -0.05) is 11.3 Å². The van der Waals surface area contributed by atoms with Crippen LogP contribution < -0.4 is 5.32 Å². The number of likely N-dealkylation sites (tertiary alicyclic amines) is 1. The number of rotatable bonds is 6. The summed E-state index contributed by atoms with van der Waals surface area (Å²) in [6.45, 7) is 10.5. The molecule has 2 aliphatic rings. The number of hydrogen-bond acceptors (Lipinski definition) is 6. The molecule has 1 amide bonds. The highest BCUT2D eigenvalue weighted by Gasteiger charge is 2.42. The van der Waals surface area contributed by atoms with Crippen LogP contribution in [-0.2, 0) is 23.3 Å². The van der Waals surface area contributed by atoms with Gasteiger partial charge in [-0.25, -0.2) is 0 Å². The predicted octanol–water partition coefficient (Wildman–Crippen LogP) is 2.13. The summed E-state index contributed by atoms with van der Waals surface area (Å²) in [5.74, 6) is -0.0181. The quantitative estimate of drug-likeness (QED) is 0.751. The maximum Gasteiger partial charge on any atom is 0.261 e. The molecule has 4 heterocycles. The Bertz CT molecular complexity index is 851. The molecule has 150 valence electrons. The second-order valence-corrected chi connectivity index (χ2v) is 8.65. The number of fused-ring (bicyclic) bond motifs is 2. The summed E-state index contributed by atoms with van der Waals surface area (Å²) in [4.78, 5) is 17.1. The van der Waals surface area contributed by atoms with E-state index >= 15 is 0 Å². The molecule has 1 N–H and O–H groups in total. The summed E-state index contributed by atoms with van der Waals surface area (Å²) in [6.07, 6.45) is 6.66. The van der Waals surface area contributed by atoms with Crippen LogP contribution in [0.3, 0.4) is 0 Å². The fourth-order valence-corrected chi connectivity index (χ4v) is 5.24. The minimum absolute atomic E-state index is 0.0181. The Hall–Kier alpha value is -2.03. The number of amides is 1. The first-order valence-electron chi connectivity index (χ1n) is 9.85. The molecule has 0 atom stereocenters. The zero-order valence-corrected chi connectivity index (χ0v) is 17.1. The monoisotopic (exact) mass is 401 g/mol. The van der Waals surface area contributed by atoms with Crippen LogP contribution in [0.25, 0.3) is 0 Å². The van der Waals surface area contributed by atoms with Gasteiger partial charge < -0.3 is 10.1 Å². The Morgan fingerprint density at radius 1 is 1.46 bits per heavy atom. The number of piperidine rings is 1. The van der Waals surface area contributed by atoms with Gasteiger partial charge >= 0.3 is 0 Å². The van der Waals surface area contributed by atoms with E-state index < -0.39 is 0 Å². The first-order chi connectivity index (χ1) is 13.6. The van der Waals surface area contributed by atoms with Gasteiger partial charge in [-0.05, 0) is 31.4 Å². The van der Waals surface area contributed by atoms with E-state index in [9.17, 15) is 4.79 Å². The van der Waals surface area contributed by atoms with Crippen molar-refractivity contribution in [2.45, 2.75) is 38.3 Å². The van der Waals surface area contributed by atoms with Crippen molar-refractivity contribution < 1.29 is 9.53 Å². The molecule has 2 aliphatic heterocycles. The molecule has 0 unspecified atom stereocenters. The third-order valence-corrected chi connectivity index (χ3v) is 6.76. The van der Waals surface area contributed by atoms with Crippen LogP contribution in [0.5, 0.6) is 0 Å². The number of aromatic nitrogens is 3. The first-order valence-corrected chi connectivity index (χ1v) is 10.7. The fourth-order valence-electron chi connectivity index (χ4n) is 4.10. The number of thiophene rings is 1. The fraction of sp³-hybridized carbons (Fsp3) is 0.550. The molecule has 0 radical (unpaired) electrons. The van der Waals surface area contributed by atoms with Crippen molar-refractivity contribution in [3.8, 4) is 0 Å². The molecule has 0 bridgehead atoms. The highest BCUT2D eigenvalue weighted by Crippen LogP contribution is 2.44. The Morgan fingerprint density at radius 2 is 2.29 bits per heavy atom. The number of nitrogens with one attached hydrogen (secondary N) is 1. The number of aryl methyl sites for hydroxylation is 1. The van der Waals surface area contributed by atoms with Crippen molar-refractivity contribution in [1.82, 2.24) is 25.2 Å². The smallest absolute Gasteiger partial charge is 0.261 e. The van der Waals surface area contributed by atoms with Crippen LogP contribution in [0.15, 0.2) is 24.9 Å². The largest absolute Gasteiger partial charge is 0.370 e. The Morgan fingerprint density at radius 3 is 3.00 bits per heavy atom. The van der Waals surface area contributed by atoms with Gasteiger partial charge in [0.15, 0.2) is 0 Å². The number of carbonyl (C=O) groups excluding carboxylic acids is 1. The van der Waals surface area contributed by atoms with Crippen LogP contribution in [0, 0.1) is 6.92 Å². The van der Waals surface area contributed by atoms with E-state index in [2.05, 4.69) is 33.2 Å². The molecule has 2 aromatic heterocycles. The number of nitrogens with zero attached hydrogens (tertiary/aromatic N) is 4. The van der Waals surface area contributed by atoms with E-state index in [-0.39, 0.29) is 11.5 Å². The number of ether oxygens (including phenoxy) is 1. The van der Waals surface area contributed by atoms with Gasteiger partial charge in [-0.3, -0.25) is 14.4 Å². The molecular formula is C20H27N5O2S. The molecule has 0 saturated carbocycles. The lowest BCUT2D eigenvalue weighted by Crippen LogP contribution is -2.46. The normalized spacial score (nSPS) is 18.8. The summed E-state index contributed by atoms with van der Waals surface area (Å²) >= 11 is 1.62. The van der Waals surface area contributed by atoms with Crippen LogP contribution in [0.2, 0.25) is 0 Å². The molecule has 1 saturated heterocycles. The predicted molar refractivity (Wildman–Crippen MR) is 109 cm³/mol. The lowest BCUT2D eigenvalue weighted by Gasteiger charge is -2.43. The standard InChI is InChI=1S/C20H27N5O2S/c1-3-8-24-9-5-20(6-10-24)16-13-18(28-17(16)4-12-27-20)19(26)21-7-11-25-14-15(2)22-23-25/h3,13-14H,1,4-12H2,2H3,(H,21,26). The molecule has 8 heteroatoms. The summed E-state index contributed by atoms with van der Waals surface area (Å²) in [5.41, 5.74) is 1.89. The average molecular weight is 402 g/mol. The second-order valence-electron chi connectivity index (χ2n) is 7.51. The summed E-state index contributed by atoms with van der Waals surface area (Å²) in [6, 6.07) is 2.07. The van der Waals surface area contributed by atoms with Gasteiger partial charge in [0.2, 0.25) is 0 Å². The third-order valence-electron chi connectivity index (χ3n) is 5.56. The molecule has 1 fully saturated rings.